The summed E-state index contributed by atoms with van der Waals surface area (Å²) in [6, 6.07) is 5.23. The first kappa shape index (κ1) is 19.4. The summed E-state index contributed by atoms with van der Waals surface area (Å²) in [4.78, 5) is 37.1. The zero-order valence-corrected chi connectivity index (χ0v) is 15.7. The van der Waals surface area contributed by atoms with E-state index >= 15 is 0 Å². The first-order valence-electron chi connectivity index (χ1n) is 9.58. The number of benzene rings is 1. The highest BCUT2D eigenvalue weighted by molar-refractivity contribution is 5.99. The average Bonchev–Trinajstić information content (AvgIpc) is 3.03. The molecule has 2 amide bonds. The van der Waals surface area contributed by atoms with Crippen molar-refractivity contribution >= 4 is 18.1 Å². The second-order valence-corrected chi connectivity index (χ2v) is 7.13. The highest BCUT2D eigenvalue weighted by Gasteiger charge is 2.33. The van der Waals surface area contributed by atoms with Crippen LogP contribution in [0.3, 0.4) is 0 Å². The van der Waals surface area contributed by atoms with E-state index in [1.807, 2.05) is 12.1 Å². The van der Waals surface area contributed by atoms with Gasteiger partial charge in [-0.2, -0.15) is 0 Å². The van der Waals surface area contributed by atoms with Crippen molar-refractivity contribution in [2.45, 2.75) is 50.7 Å². The minimum absolute atomic E-state index is 0.141. The molecular weight excluding hydrogens is 346 g/mol. The van der Waals surface area contributed by atoms with Gasteiger partial charge in [-0.3, -0.25) is 9.59 Å². The minimum Gasteiger partial charge on any atom is -0.492 e. The Labute approximate surface area is 159 Å². The maximum absolute atomic E-state index is 12.6. The van der Waals surface area contributed by atoms with Crippen LogP contribution in [0, 0.1) is 0 Å². The van der Waals surface area contributed by atoms with Crippen molar-refractivity contribution < 1.29 is 19.1 Å². The van der Waals surface area contributed by atoms with Crippen molar-refractivity contribution in [1.29, 1.82) is 0 Å². The van der Waals surface area contributed by atoms with Gasteiger partial charge in [0.2, 0.25) is 5.91 Å². The quantitative estimate of drug-likeness (QED) is 0.670. The van der Waals surface area contributed by atoms with Crippen LogP contribution in [0.15, 0.2) is 18.2 Å². The number of nitrogens with zero attached hydrogens (tertiary/aromatic N) is 1. The molecule has 1 saturated heterocycles. The molecule has 2 aliphatic rings. The Morgan fingerprint density at radius 1 is 1.44 bits per heavy atom. The third-order valence-electron chi connectivity index (χ3n) is 5.28. The maximum atomic E-state index is 12.6. The van der Waals surface area contributed by atoms with Crippen LogP contribution < -0.4 is 15.4 Å². The van der Waals surface area contributed by atoms with E-state index in [0.29, 0.717) is 31.2 Å². The second-order valence-electron chi connectivity index (χ2n) is 7.13. The van der Waals surface area contributed by atoms with Crippen LogP contribution in [0.25, 0.3) is 0 Å². The predicted octanol–water partition coefficient (Wildman–Crippen LogP) is 1.26. The number of ether oxygens (including phenoxy) is 1. The van der Waals surface area contributed by atoms with E-state index < -0.39 is 6.04 Å². The van der Waals surface area contributed by atoms with Crippen LogP contribution in [0.1, 0.15) is 48.0 Å². The van der Waals surface area contributed by atoms with Crippen LogP contribution in [0.4, 0.5) is 0 Å². The summed E-state index contributed by atoms with van der Waals surface area (Å²) in [6.45, 7) is 2.01. The second kappa shape index (κ2) is 8.99. The molecule has 2 unspecified atom stereocenters. The molecule has 7 nitrogen and oxygen atoms in total. The van der Waals surface area contributed by atoms with E-state index in [1.54, 1.807) is 13.1 Å². The highest BCUT2D eigenvalue weighted by Crippen LogP contribution is 2.29. The number of carbonyl (C=O) groups is 3. The summed E-state index contributed by atoms with van der Waals surface area (Å²) in [5.74, 6) is 0.432. The van der Waals surface area contributed by atoms with Crippen molar-refractivity contribution in [2.24, 2.45) is 0 Å². The number of carbonyl (C=O) groups excluding carboxylic acids is 3. The smallest absolute Gasteiger partial charge is 0.255 e. The molecule has 1 aromatic carbocycles. The van der Waals surface area contributed by atoms with Gasteiger partial charge in [0.15, 0.2) is 0 Å². The molecule has 1 aromatic rings. The lowest BCUT2D eigenvalue weighted by atomic mass is 10.1. The van der Waals surface area contributed by atoms with E-state index in [0.717, 1.165) is 30.6 Å². The molecule has 0 saturated carbocycles. The van der Waals surface area contributed by atoms with Crippen molar-refractivity contribution in [1.82, 2.24) is 15.5 Å². The van der Waals surface area contributed by atoms with Gasteiger partial charge >= 0.3 is 0 Å². The largest absolute Gasteiger partial charge is 0.492 e. The van der Waals surface area contributed by atoms with Gasteiger partial charge < -0.3 is 25.1 Å². The van der Waals surface area contributed by atoms with Gasteiger partial charge in [0, 0.05) is 31.6 Å². The number of aldehydes is 1. The Kier molecular flexibility index (Phi) is 6.45. The van der Waals surface area contributed by atoms with Crippen molar-refractivity contribution in [3.8, 4) is 5.75 Å². The lowest BCUT2D eigenvalue weighted by molar-refractivity contribution is -0.121. The number of piperidine rings is 1. The van der Waals surface area contributed by atoms with E-state index in [1.165, 1.54) is 17.7 Å². The Hall–Kier alpha value is -2.41. The van der Waals surface area contributed by atoms with E-state index in [9.17, 15) is 14.4 Å². The molecule has 2 aliphatic heterocycles. The zero-order chi connectivity index (χ0) is 19.2. The summed E-state index contributed by atoms with van der Waals surface area (Å²) >= 11 is 0. The van der Waals surface area contributed by atoms with E-state index in [-0.39, 0.29) is 18.2 Å². The van der Waals surface area contributed by atoms with Crippen molar-refractivity contribution in [2.75, 3.05) is 20.2 Å². The van der Waals surface area contributed by atoms with Gasteiger partial charge in [-0.1, -0.05) is 6.42 Å². The summed E-state index contributed by atoms with van der Waals surface area (Å²) in [6.07, 6.45) is 4.83. The monoisotopic (exact) mass is 373 g/mol. The van der Waals surface area contributed by atoms with Gasteiger partial charge in [-0.15, -0.1) is 0 Å². The molecule has 2 atom stereocenters. The van der Waals surface area contributed by atoms with Crippen LogP contribution in [-0.2, 0) is 16.1 Å². The average molecular weight is 373 g/mol. The van der Waals surface area contributed by atoms with Crippen LogP contribution in [0.5, 0.6) is 5.75 Å². The molecule has 27 heavy (non-hydrogen) atoms. The third-order valence-corrected chi connectivity index (χ3v) is 5.28. The molecular formula is C20H27N3O4. The van der Waals surface area contributed by atoms with Crippen LogP contribution >= 0.6 is 0 Å². The number of fused-ring (bicyclic) bond motifs is 1. The van der Waals surface area contributed by atoms with Crippen LogP contribution in [0.2, 0.25) is 0 Å². The fourth-order valence-corrected chi connectivity index (χ4v) is 3.64. The number of nitrogens with one attached hydrogen (secondary N) is 2. The van der Waals surface area contributed by atoms with Crippen LogP contribution in [-0.4, -0.2) is 55.3 Å². The lowest BCUT2D eigenvalue weighted by Crippen LogP contribution is -2.38. The molecule has 0 aromatic heterocycles. The normalized spacial score (nSPS) is 20.1. The van der Waals surface area contributed by atoms with Crippen molar-refractivity contribution in [3.63, 3.8) is 0 Å². The zero-order valence-electron chi connectivity index (χ0n) is 15.7. The predicted molar refractivity (Wildman–Crippen MR) is 101 cm³/mol. The number of hydrogen-bond acceptors (Lipinski definition) is 5. The summed E-state index contributed by atoms with van der Waals surface area (Å²) < 4.78 is 5.91. The molecule has 1 fully saturated rings. The number of amides is 2. The number of hydrogen-bond donors (Lipinski definition) is 2. The van der Waals surface area contributed by atoms with Gasteiger partial charge in [0.05, 0.1) is 6.04 Å². The fraction of sp³-hybridized carbons (Fsp3) is 0.550. The first-order chi connectivity index (χ1) is 13.1. The first-order valence-corrected chi connectivity index (χ1v) is 9.58. The maximum Gasteiger partial charge on any atom is 0.255 e. The molecule has 2 N–H and O–H groups in total. The molecule has 146 valence electrons. The van der Waals surface area contributed by atoms with Gasteiger partial charge in [0.1, 0.15) is 18.6 Å². The Balaban J connectivity index is 1.61. The Morgan fingerprint density at radius 2 is 2.30 bits per heavy atom. The molecule has 7 heteroatoms. The van der Waals surface area contributed by atoms with E-state index in [4.69, 9.17) is 4.74 Å². The molecule has 2 heterocycles. The van der Waals surface area contributed by atoms with Gasteiger partial charge in [-0.05, 0) is 49.6 Å². The lowest BCUT2D eigenvalue weighted by Gasteiger charge is -2.23. The van der Waals surface area contributed by atoms with E-state index in [2.05, 4.69) is 10.6 Å². The Morgan fingerprint density at radius 3 is 3.00 bits per heavy atom. The summed E-state index contributed by atoms with van der Waals surface area (Å²) in [5.41, 5.74) is 1.46. The summed E-state index contributed by atoms with van der Waals surface area (Å²) in [5, 5.41) is 5.98. The molecule has 0 spiro atoms. The Bertz CT molecular complexity index is 700. The standard InChI is InChI=1S/C20H27N3O4/c1-21-19(25)8-5-16(12-24)23-11-14-10-17(6-7-18(14)20(23)26)27-13-15-4-2-3-9-22-15/h6-7,10,12,15-16,22H,2-5,8-9,11,13H2,1H3,(H,21,25). The van der Waals surface area contributed by atoms with Gasteiger partial charge in [0.25, 0.3) is 5.91 Å². The molecule has 0 radical (unpaired) electrons. The fourth-order valence-electron chi connectivity index (χ4n) is 3.64. The third kappa shape index (κ3) is 4.66. The van der Waals surface area contributed by atoms with Gasteiger partial charge in [-0.25, -0.2) is 0 Å². The SMILES string of the molecule is CNC(=O)CCC(C=O)N1Cc2cc(OCC3CCCCN3)ccc2C1=O. The number of rotatable bonds is 8. The molecule has 0 bridgehead atoms. The molecule has 3 rings (SSSR count). The van der Waals surface area contributed by atoms with Crippen molar-refractivity contribution in [3.05, 3.63) is 29.3 Å². The highest BCUT2D eigenvalue weighted by atomic mass is 16.5. The summed E-state index contributed by atoms with van der Waals surface area (Å²) in [7, 11) is 1.56. The topological polar surface area (TPSA) is 87.7 Å². The molecule has 0 aliphatic carbocycles. The minimum atomic E-state index is -0.599.